The number of nitriles is 1. The second-order valence-corrected chi connectivity index (χ2v) is 10.7. The summed E-state index contributed by atoms with van der Waals surface area (Å²) in [5, 5.41) is 18.3. The van der Waals surface area contributed by atoms with Gasteiger partial charge in [-0.05, 0) is 74.7 Å². The summed E-state index contributed by atoms with van der Waals surface area (Å²) in [4.78, 5) is 17.8. The highest BCUT2D eigenvalue weighted by Gasteiger charge is 2.18. The molecule has 0 aliphatic heterocycles. The summed E-state index contributed by atoms with van der Waals surface area (Å²) in [6.07, 6.45) is 1.38. The molecule has 1 N–H and O–H groups in total. The van der Waals surface area contributed by atoms with E-state index >= 15 is 0 Å². The smallest absolute Gasteiger partial charge is 0.346 e. The number of carboxylic acids is 1. The van der Waals surface area contributed by atoms with Crippen LogP contribution in [0.15, 0.2) is 87.3 Å². The van der Waals surface area contributed by atoms with E-state index in [0.717, 1.165) is 43.0 Å². The highest BCUT2D eigenvalue weighted by Crippen LogP contribution is 2.45. The minimum atomic E-state index is -1.25. The lowest BCUT2D eigenvalue weighted by molar-refractivity contribution is -0.132. The molecule has 0 aliphatic rings. The molecular weight excluding hydrogens is 602 g/mol. The van der Waals surface area contributed by atoms with Crippen molar-refractivity contribution in [2.75, 3.05) is 0 Å². The maximum atomic E-state index is 11.3. The number of rotatable bonds is 5. The van der Waals surface area contributed by atoms with Gasteiger partial charge in [-0.15, -0.1) is 11.3 Å². The fraction of sp³-hybridized carbons (Fsp3) is 0.0357. The topological polar surface area (TPSA) is 78.9 Å². The third-order valence-electron chi connectivity index (χ3n) is 5.70. The normalized spacial score (nSPS) is 11.6. The van der Waals surface area contributed by atoms with Crippen LogP contribution in [-0.4, -0.2) is 20.6 Å². The summed E-state index contributed by atoms with van der Waals surface area (Å²) in [5.74, 6) is -0.405. The highest BCUT2D eigenvalue weighted by atomic mass is 79.9. The van der Waals surface area contributed by atoms with Gasteiger partial charge in [0.25, 0.3) is 0 Å². The number of aliphatic carboxylic acids is 1. The standard InChI is InChI=1S/C28H17Br2N3O2S/c1-16-6-12-20(13-7-16)33-22-5-3-2-4-21(22)32-27(33)18-10-8-17(9-11-18)26-25(30)24(29)23(36-26)14-19(15-31)28(34)35/h2-14H,1H3,(H,34,35)/b19-14+. The molecule has 0 bridgehead atoms. The van der Waals surface area contributed by atoms with Crippen molar-refractivity contribution in [2.24, 2.45) is 0 Å². The number of hydrogen-bond acceptors (Lipinski definition) is 4. The number of benzene rings is 3. The van der Waals surface area contributed by atoms with Crippen molar-refractivity contribution in [3.63, 3.8) is 0 Å². The predicted octanol–water partition coefficient (Wildman–Crippen LogP) is 8.25. The molecule has 0 fully saturated rings. The van der Waals surface area contributed by atoms with Gasteiger partial charge in [-0.1, -0.05) is 54.1 Å². The number of fused-ring (bicyclic) bond motifs is 1. The van der Waals surface area contributed by atoms with Crippen molar-refractivity contribution in [1.29, 1.82) is 5.26 Å². The van der Waals surface area contributed by atoms with Crippen molar-refractivity contribution >= 4 is 66.3 Å². The van der Waals surface area contributed by atoms with Crippen LogP contribution < -0.4 is 0 Å². The molecule has 0 aliphatic carbocycles. The molecule has 8 heteroatoms. The number of halogens is 2. The molecule has 5 aromatic rings. The summed E-state index contributed by atoms with van der Waals surface area (Å²) in [6, 6.07) is 26.3. The van der Waals surface area contributed by atoms with Crippen LogP contribution in [0.25, 0.3) is 44.6 Å². The Kier molecular flexibility index (Phi) is 6.63. The third-order valence-corrected chi connectivity index (χ3v) is 9.56. The number of para-hydroxylation sites is 2. The molecule has 0 saturated heterocycles. The molecule has 5 nitrogen and oxygen atoms in total. The molecule has 0 radical (unpaired) electrons. The summed E-state index contributed by atoms with van der Waals surface area (Å²) in [5.41, 5.74) is 5.81. The van der Waals surface area contributed by atoms with Gasteiger partial charge in [-0.2, -0.15) is 5.26 Å². The van der Waals surface area contributed by atoms with Crippen LogP contribution in [0.5, 0.6) is 0 Å². The summed E-state index contributed by atoms with van der Waals surface area (Å²) in [6.45, 7) is 2.07. The second-order valence-electron chi connectivity index (χ2n) is 8.07. The SMILES string of the molecule is Cc1ccc(-n2c(-c3ccc(-c4sc(/C=C(\C#N)C(=O)O)c(Br)c4Br)cc3)nc3ccccc32)cc1. The number of aryl methyl sites for hydroxylation is 1. The lowest BCUT2D eigenvalue weighted by Crippen LogP contribution is -1.97. The van der Waals surface area contributed by atoms with Crippen molar-refractivity contribution in [1.82, 2.24) is 9.55 Å². The van der Waals surface area contributed by atoms with E-state index in [1.807, 2.05) is 42.5 Å². The Labute approximate surface area is 228 Å². The summed E-state index contributed by atoms with van der Waals surface area (Å²) in [7, 11) is 0. The van der Waals surface area contributed by atoms with Gasteiger partial charge in [-0.25, -0.2) is 9.78 Å². The number of aromatic nitrogens is 2. The zero-order chi connectivity index (χ0) is 25.4. The fourth-order valence-corrected chi connectivity index (χ4v) is 6.44. The Morgan fingerprint density at radius 3 is 2.33 bits per heavy atom. The highest BCUT2D eigenvalue weighted by molar-refractivity contribution is 9.13. The van der Waals surface area contributed by atoms with Gasteiger partial charge in [0, 0.05) is 16.1 Å². The first-order valence-corrected chi connectivity index (χ1v) is 13.3. The molecule has 0 spiro atoms. The van der Waals surface area contributed by atoms with Crippen molar-refractivity contribution in [2.45, 2.75) is 6.92 Å². The Balaban J connectivity index is 1.58. The molecule has 5 rings (SSSR count). The molecule has 3 aromatic carbocycles. The van der Waals surface area contributed by atoms with Crippen LogP contribution in [0.3, 0.4) is 0 Å². The molecule has 0 amide bonds. The van der Waals surface area contributed by atoms with Gasteiger partial charge in [-0.3, -0.25) is 4.57 Å². The van der Waals surface area contributed by atoms with Crippen LogP contribution in [0.2, 0.25) is 0 Å². The average molecular weight is 619 g/mol. The monoisotopic (exact) mass is 617 g/mol. The van der Waals surface area contributed by atoms with Crippen molar-refractivity contribution in [3.8, 4) is 33.6 Å². The van der Waals surface area contributed by atoms with Crippen LogP contribution >= 0.6 is 43.2 Å². The fourth-order valence-electron chi connectivity index (χ4n) is 3.90. The van der Waals surface area contributed by atoms with Crippen molar-refractivity contribution in [3.05, 3.63) is 97.8 Å². The molecule has 36 heavy (non-hydrogen) atoms. The van der Waals surface area contributed by atoms with E-state index in [2.05, 4.69) is 73.7 Å². The van der Waals surface area contributed by atoms with E-state index in [1.54, 1.807) is 6.07 Å². The zero-order valence-electron chi connectivity index (χ0n) is 18.9. The number of carbonyl (C=O) groups is 1. The molecular formula is C28H17Br2N3O2S. The quantitative estimate of drug-likeness (QED) is 0.159. The van der Waals surface area contributed by atoms with E-state index in [-0.39, 0.29) is 5.57 Å². The number of nitrogens with zero attached hydrogens (tertiary/aromatic N) is 3. The zero-order valence-corrected chi connectivity index (χ0v) is 22.9. The molecule has 0 saturated carbocycles. The number of thiophene rings is 1. The van der Waals surface area contributed by atoms with E-state index in [1.165, 1.54) is 23.0 Å². The second kappa shape index (κ2) is 9.86. The Hall–Kier alpha value is -3.51. The Morgan fingerprint density at radius 2 is 1.67 bits per heavy atom. The first kappa shape index (κ1) is 24.2. The Morgan fingerprint density at radius 1 is 1.00 bits per heavy atom. The van der Waals surface area contributed by atoms with Crippen LogP contribution in [0.1, 0.15) is 10.4 Å². The van der Waals surface area contributed by atoms with Gasteiger partial charge in [0.2, 0.25) is 0 Å². The minimum Gasteiger partial charge on any atom is -0.477 e. The van der Waals surface area contributed by atoms with E-state index in [4.69, 9.17) is 10.2 Å². The summed E-state index contributed by atoms with van der Waals surface area (Å²) >= 11 is 8.53. The van der Waals surface area contributed by atoms with E-state index in [0.29, 0.717) is 9.35 Å². The van der Waals surface area contributed by atoms with E-state index < -0.39 is 5.97 Å². The van der Waals surface area contributed by atoms with Gasteiger partial charge in [0.1, 0.15) is 17.5 Å². The molecule has 2 heterocycles. The molecule has 2 aromatic heterocycles. The lowest BCUT2D eigenvalue weighted by Gasteiger charge is -2.10. The number of carboxylic acid groups (broad SMARTS) is 1. The van der Waals surface area contributed by atoms with Gasteiger partial charge in [0.05, 0.1) is 24.9 Å². The maximum absolute atomic E-state index is 11.3. The van der Waals surface area contributed by atoms with Gasteiger partial charge < -0.3 is 5.11 Å². The maximum Gasteiger partial charge on any atom is 0.346 e. The lowest BCUT2D eigenvalue weighted by atomic mass is 10.1. The number of imidazole rings is 1. The van der Waals surface area contributed by atoms with Crippen LogP contribution in [0.4, 0.5) is 0 Å². The first-order chi connectivity index (χ1) is 17.4. The Bertz CT molecular complexity index is 1690. The van der Waals surface area contributed by atoms with Gasteiger partial charge in [0.15, 0.2) is 0 Å². The minimum absolute atomic E-state index is 0.318. The van der Waals surface area contributed by atoms with Gasteiger partial charge >= 0.3 is 5.97 Å². The summed E-state index contributed by atoms with van der Waals surface area (Å²) < 4.78 is 3.68. The third kappa shape index (κ3) is 4.42. The van der Waals surface area contributed by atoms with E-state index in [9.17, 15) is 9.90 Å². The first-order valence-electron chi connectivity index (χ1n) is 10.9. The average Bonchev–Trinajstić information content (AvgIpc) is 3.41. The molecule has 0 atom stereocenters. The van der Waals surface area contributed by atoms with Crippen LogP contribution in [-0.2, 0) is 4.79 Å². The largest absolute Gasteiger partial charge is 0.477 e. The predicted molar refractivity (Wildman–Crippen MR) is 151 cm³/mol. The molecule has 0 unspecified atom stereocenters. The number of hydrogen-bond donors (Lipinski definition) is 1. The molecule has 176 valence electrons. The van der Waals surface area contributed by atoms with Crippen LogP contribution in [0, 0.1) is 18.3 Å². The van der Waals surface area contributed by atoms with Crippen molar-refractivity contribution < 1.29 is 9.90 Å².